The zero-order chi connectivity index (χ0) is 16.0. The molecule has 122 valence electrons. The molecule has 0 aliphatic heterocycles. The minimum absolute atomic E-state index is 0.135. The summed E-state index contributed by atoms with van der Waals surface area (Å²) in [5.41, 5.74) is 0.623. The molecule has 0 aliphatic rings. The predicted molar refractivity (Wildman–Crippen MR) is 83.6 cm³/mol. The molecule has 21 heavy (non-hydrogen) atoms. The van der Waals surface area contributed by atoms with Gasteiger partial charge >= 0.3 is 0 Å². The van der Waals surface area contributed by atoms with Gasteiger partial charge in [0.2, 0.25) is 10.0 Å². The maximum atomic E-state index is 12.4. The third-order valence-corrected chi connectivity index (χ3v) is 4.82. The Labute approximate surface area is 127 Å². The minimum Gasteiger partial charge on any atom is -0.390 e. The normalized spacial score (nSPS) is 13.8. The Bertz CT molecular complexity index is 538. The van der Waals surface area contributed by atoms with Gasteiger partial charge in [-0.25, -0.2) is 13.1 Å². The summed E-state index contributed by atoms with van der Waals surface area (Å²) in [6, 6.07) is 1.40. The highest BCUT2D eigenvalue weighted by Crippen LogP contribution is 2.16. The van der Waals surface area contributed by atoms with Gasteiger partial charge in [0.1, 0.15) is 0 Å². The van der Waals surface area contributed by atoms with Crippen LogP contribution in [0.1, 0.15) is 32.4 Å². The van der Waals surface area contributed by atoms with Crippen LogP contribution in [0, 0.1) is 0 Å². The molecule has 1 aromatic rings. The van der Waals surface area contributed by atoms with Crippen molar-refractivity contribution in [1.82, 2.24) is 14.2 Å². The predicted octanol–water partition coefficient (Wildman–Crippen LogP) is 1.01. The summed E-state index contributed by atoms with van der Waals surface area (Å²) in [7, 11) is 0.378. The van der Waals surface area contributed by atoms with Gasteiger partial charge in [0.25, 0.3) is 0 Å². The van der Waals surface area contributed by atoms with Gasteiger partial charge in [0.05, 0.1) is 11.5 Å². The molecule has 2 N–H and O–H groups in total. The van der Waals surface area contributed by atoms with E-state index in [1.54, 1.807) is 10.8 Å². The van der Waals surface area contributed by atoms with Gasteiger partial charge in [-0.1, -0.05) is 6.92 Å². The largest absolute Gasteiger partial charge is 0.390 e. The molecule has 0 radical (unpaired) electrons. The first-order valence-electron chi connectivity index (χ1n) is 7.27. The molecule has 1 rings (SSSR count). The van der Waals surface area contributed by atoms with Crippen LogP contribution in [0.4, 0.5) is 0 Å². The summed E-state index contributed by atoms with van der Waals surface area (Å²) in [6.07, 6.45) is 3.22. The Morgan fingerprint density at radius 3 is 2.62 bits per heavy atom. The molecule has 0 saturated heterocycles. The second-order valence-corrected chi connectivity index (χ2v) is 7.35. The quantitative estimate of drug-likeness (QED) is 0.713. The topological polar surface area (TPSA) is 74.6 Å². The summed E-state index contributed by atoms with van der Waals surface area (Å²) in [4.78, 5) is 2.24. The number of nitrogens with one attached hydrogen (secondary N) is 1. The SMILES string of the molecule is CCCn1cc(S(=O)(=O)NC(C)CCN(C)C)cc1CO. The highest BCUT2D eigenvalue weighted by molar-refractivity contribution is 7.89. The van der Waals surface area contributed by atoms with E-state index < -0.39 is 10.0 Å². The lowest BCUT2D eigenvalue weighted by atomic mass is 10.2. The van der Waals surface area contributed by atoms with Gasteiger partial charge in [-0.3, -0.25) is 0 Å². The fourth-order valence-corrected chi connectivity index (χ4v) is 3.44. The molecule has 1 atom stereocenters. The summed E-state index contributed by atoms with van der Waals surface area (Å²) in [5.74, 6) is 0. The van der Waals surface area contributed by atoms with E-state index in [4.69, 9.17) is 0 Å². The summed E-state index contributed by atoms with van der Waals surface area (Å²) < 4.78 is 29.2. The van der Waals surface area contributed by atoms with Crippen molar-refractivity contribution in [2.75, 3.05) is 20.6 Å². The Morgan fingerprint density at radius 2 is 2.10 bits per heavy atom. The van der Waals surface area contributed by atoms with Gasteiger partial charge < -0.3 is 14.6 Å². The van der Waals surface area contributed by atoms with E-state index >= 15 is 0 Å². The van der Waals surface area contributed by atoms with Crippen molar-refractivity contribution < 1.29 is 13.5 Å². The van der Waals surface area contributed by atoms with Crippen molar-refractivity contribution in [1.29, 1.82) is 0 Å². The summed E-state index contributed by atoms with van der Waals surface area (Å²) in [6.45, 7) is 5.23. The van der Waals surface area contributed by atoms with E-state index in [9.17, 15) is 13.5 Å². The Morgan fingerprint density at radius 1 is 1.43 bits per heavy atom. The van der Waals surface area contributed by atoms with Crippen LogP contribution in [0.15, 0.2) is 17.2 Å². The van der Waals surface area contributed by atoms with Crippen LogP contribution in [0.5, 0.6) is 0 Å². The maximum absolute atomic E-state index is 12.4. The lowest BCUT2D eigenvalue weighted by molar-refractivity contribution is 0.270. The van der Waals surface area contributed by atoms with E-state index in [2.05, 4.69) is 4.72 Å². The lowest BCUT2D eigenvalue weighted by Gasteiger charge is -2.16. The van der Waals surface area contributed by atoms with E-state index in [1.165, 1.54) is 6.07 Å². The lowest BCUT2D eigenvalue weighted by Crippen LogP contribution is -2.34. The molecule has 0 saturated carbocycles. The van der Waals surface area contributed by atoms with E-state index in [-0.39, 0.29) is 17.5 Å². The molecule has 6 nitrogen and oxygen atoms in total. The smallest absolute Gasteiger partial charge is 0.242 e. The molecule has 1 heterocycles. The maximum Gasteiger partial charge on any atom is 0.242 e. The van der Waals surface area contributed by atoms with Crippen molar-refractivity contribution >= 4 is 10.0 Å². The van der Waals surface area contributed by atoms with E-state index in [0.29, 0.717) is 12.2 Å². The summed E-state index contributed by atoms with van der Waals surface area (Å²) in [5, 5.41) is 9.31. The van der Waals surface area contributed by atoms with Crippen molar-refractivity contribution in [3.8, 4) is 0 Å². The highest BCUT2D eigenvalue weighted by atomic mass is 32.2. The van der Waals surface area contributed by atoms with Crippen LogP contribution in [0.3, 0.4) is 0 Å². The van der Waals surface area contributed by atoms with Gasteiger partial charge in [-0.05, 0) is 46.5 Å². The number of aryl methyl sites for hydroxylation is 1. The molecule has 1 unspecified atom stereocenters. The molecule has 0 spiro atoms. The first kappa shape index (κ1) is 18.2. The van der Waals surface area contributed by atoms with Crippen LogP contribution in [0.2, 0.25) is 0 Å². The number of hydrogen-bond acceptors (Lipinski definition) is 4. The molecule has 7 heteroatoms. The van der Waals surface area contributed by atoms with Crippen LogP contribution in [-0.2, 0) is 23.2 Å². The third-order valence-electron chi connectivity index (χ3n) is 3.26. The van der Waals surface area contributed by atoms with Crippen molar-refractivity contribution in [3.63, 3.8) is 0 Å². The van der Waals surface area contributed by atoms with Crippen molar-refractivity contribution in [2.45, 2.75) is 50.8 Å². The molecule has 1 aromatic heterocycles. The number of aliphatic hydroxyl groups is 1. The number of aromatic nitrogens is 1. The standard InChI is InChI=1S/C14H27N3O3S/c1-5-7-17-10-14(9-13(17)11-18)21(19,20)15-12(2)6-8-16(3)4/h9-10,12,15,18H,5-8,11H2,1-4H3. The van der Waals surface area contributed by atoms with Gasteiger partial charge in [0, 0.05) is 24.5 Å². The monoisotopic (exact) mass is 317 g/mol. The van der Waals surface area contributed by atoms with Crippen molar-refractivity contribution in [3.05, 3.63) is 18.0 Å². The zero-order valence-electron chi connectivity index (χ0n) is 13.3. The molecule has 0 bridgehead atoms. The molecule has 0 amide bonds. The molecular formula is C14H27N3O3S. The Hall–Kier alpha value is -0.890. The first-order valence-corrected chi connectivity index (χ1v) is 8.75. The van der Waals surface area contributed by atoms with Crippen molar-refractivity contribution in [2.24, 2.45) is 0 Å². The van der Waals surface area contributed by atoms with Gasteiger partial charge in [0.15, 0.2) is 0 Å². The first-order chi connectivity index (χ1) is 9.80. The van der Waals surface area contributed by atoms with Gasteiger partial charge in [-0.15, -0.1) is 0 Å². The van der Waals surface area contributed by atoms with Crippen LogP contribution in [0.25, 0.3) is 0 Å². The van der Waals surface area contributed by atoms with Crippen LogP contribution >= 0.6 is 0 Å². The molecule has 0 aliphatic carbocycles. The van der Waals surface area contributed by atoms with E-state index in [0.717, 1.165) is 19.4 Å². The second kappa shape index (κ2) is 7.93. The number of sulfonamides is 1. The fraction of sp³-hybridized carbons (Fsp3) is 0.714. The highest BCUT2D eigenvalue weighted by Gasteiger charge is 2.20. The molecule has 0 fully saturated rings. The summed E-state index contributed by atoms with van der Waals surface area (Å²) >= 11 is 0. The average molecular weight is 317 g/mol. The van der Waals surface area contributed by atoms with E-state index in [1.807, 2.05) is 32.8 Å². The zero-order valence-corrected chi connectivity index (χ0v) is 14.2. The minimum atomic E-state index is -3.54. The second-order valence-electron chi connectivity index (χ2n) is 5.63. The number of aliphatic hydroxyl groups excluding tert-OH is 1. The average Bonchev–Trinajstić information content (AvgIpc) is 2.80. The molecule has 0 aromatic carbocycles. The number of nitrogens with zero attached hydrogens (tertiary/aromatic N) is 2. The number of rotatable bonds is 9. The van der Waals surface area contributed by atoms with Crippen LogP contribution < -0.4 is 4.72 Å². The van der Waals surface area contributed by atoms with Gasteiger partial charge in [-0.2, -0.15) is 0 Å². The van der Waals surface area contributed by atoms with Crippen LogP contribution in [-0.4, -0.2) is 49.7 Å². The fourth-order valence-electron chi connectivity index (χ4n) is 2.10. The third kappa shape index (κ3) is 5.43. The Balaban J connectivity index is 2.82. The Kier molecular flexibility index (Phi) is 6.86. The number of hydrogen-bond donors (Lipinski definition) is 2. The molecular weight excluding hydrogens is 290 g/mol.